The number of rotatable bonds is 7. The van der Waals surface area contributed by atoms with E-state index >= 15 is 0 Å². The van der Waals surface area contributed by atoms with Gasteiger partial charge in [0.05, 0.1) is 11.5 Å². The highest BCUT2D eigenvalue weighted by Crippen LogP contribution is 2.23. The molecule has 104 valence electrons. The van der Waals surface area contributed by atoms with Crippen LogP contribution in [0.25, 0.3) is 0 Å². The molecule has 4 nitrogen and oxygen atoms in total. The Bertz CT molecular complexity index is 502. The van der Waals surface area contributed by atoms with Crippen molar-refractivity contribution in [2.75, 3.05) is 5.75 Å². The van der Waals surface area contributed by atoms with Crippen LogP contribution in [0, 0.1) is 16.7 Å². The standard InChI is InChI=1S/C14H21N3OS/c1-4-6-11-9-12(18)17-13(16-11)19-8-5-7-14(2,3)10-15/h9H,4-8H2,1-3H3,(H,16,17,18). The third kappa shape index (κ3) is 5.93. The number of nitrogens with zero attached hydrogens (tertiary/aromatic N) is 2. The molecule has 1 N–H and O–H groups in total. The Morgan fingerprint density at radius 2 is 2.26 bits per heavy atom. The molecule has 0 aliphatic heterocycles. The summed E-state index contributed by atoms with van der Waals surface area (Å²) in [6.45, 7) is 5.96. The predicted molar refractivity (Wildman–Crippen MR) is 78.2 cm³/mol. The van der Waals surface area contributed by atoms with E-state index in [1.807, 2.05) is 13.8 Å². The summed E-state index contributed by atoms with van der Waals surface area (Å²) in [6.07, 6.45) is 3.61. The first-order valence-corrected chi connectivity index (χ1v) is 7.59. The van der Waals surface area contributed by atoms with E-state index in [4.69, 9.17) is 5.26 Å². The zero-order chi connectivity index (χ0) is 14.3. The van der Waals surface area contributed by atoms with Gasteiger partial charge in [-0.3, -0.25) is 4.79 Å². The molecule has 5 heteroatoms. The van der Waals surface area contributed by atoms with Crippen LogP contribution in [0.3, 0.4) is 0 Å². The van der Waals surface area contributed by atoms with Gasteiger partial charge in [0.15, 0.2) is 5.16 Å². The van der Waals surface area contributed by atoms with E-state index in [-0.39, 0.29) is 11.0 Å². The number of aromatic amines is 1. The fourth-order valence-electron chi connectivity index (χ4n) is 1.67. The maximum atomic E-state index is 11.5. The van der Waals surface area contributed by atoms with E-state index in [0.29, 0.717) is 5.16 Å². The number of hydrogen-bond acceptors (Lipinski definition) is 4. The molecule has 0 aliphatic rings. The Labute approximate surface area is 118 Å². The molecule has 0 saturated heterocycles. The van der Waals surface area contributed by atoms with Gasteiger partial charge < -0.3 is 4.98 Å². The van der Waals surface area contributed by atoms with Gasteiger partial charge in [0.2, 0.25) is 0 Å². The Morgan fingerprint density at radius 1 is 1.53 bits per heavy atom. The van der Waals surface area contributed by atoms with Gasteiger partial charge in [-0.15, -0.1) is 0 Å². The topological polar surface area (TPSA) is 69.5 Å². The summed E-state index contributed by atoms with van der Waals surface area (Å²) in [5.74, 6) is 0.865. The summed E-state index contributed by atoms with van der Waals surface area (Å²) in [7, 11) is 0. The molecule has 0 aromatic carbocycles. The maximum Gasteiger partial charge on any atom is 0.251 e. The van der Waals surface area contributed by atoms with Crippen molar-refractivity contribution in [1.82, 2.24) is 9.97 Å². The lowest BCUT2D eigenvalue weighted by atomic mass is 9.90. The van der Waals surface area contributed by atoms with Crippen molar-refractivity contribution in [3.63, 3.8) is 0 Å². The summed E-state index contributed by atoms with van der Waals surface area (Å²) in [5.41, 5.74) is 0.496. The lowest BCUT2D eigenvalue weighted by Gasteiger charge is -2.13. The minimum absolute atomic E-state index is 0.0849. The van der Waals surface area contributed by atoms with E-state index in [9.17, 15) is 4.79 Å². The molecule has 0 fully saturated rings. The second kappa shape index (κ2) is 7.34. The molecule has 1 heterocycles. The van der Waals surface area contributed by atoms with Crippen LogP contribution in [0.4, 0.5) is 0 Å². The molecule has 0 spiro atoms. The molecular weight excluding hydrogens is 258 g/mol. The molecule has 1 aromatic rings. The lowest BCUT2D eigenvalue weighted by molar-refractivity contribution is 0.447. The molecule has 0 saturated carbocycles. The molecular formula is C14H21N3OS. The van der Waals surface area contributed by atoms with Gasteiger partial charge in [0.1, 0.15) is 0 Å². The zero-order valence-corrected chi connectivity index (χ0v) is 12.6. The van der Waals surface area contributed by atoms with Crippen LogP contribution in [0.5, 0.6) is 0 Å². The molecule has 1 rings (SSSR count). The monoisotopic (exact) mass is 279 g/mol. The van der Waals surface area contributed by atoms with E-state index in [0.717, 1.165) is 37.1 Å². The van der Waals surface area contributed by atoms with Crippen molar-refractivity contribution in [2.45, 2.75) is 51.6 Å². The summed E-state index contributed by atoms with van der Waals surface area (Å²) >= 11 is 1.55. The van der Waals surface area contributed by atoms with E-state index in [1.165, 1.54) is 0 Å². The SMILES string of the molecule is CCCc1cc(=O)[nH]c(SCCCC(C)(C)C#N)n1. The maximum absolute atomic E-state index is 11.5. The Morgan fingerprint density at radius 3 is 2.89 bits per heavy atom. The van der Waals surface area contributed by atoms with Crippen molar-refractivity contribution in [3.05, 3.63) is 22.1 Å². The average molecular weight is 279 g/mol. The molecule has 0 radical (unpaired) electrons. The molecule has 0 aliphatic carbocycles. The van der Waals surface area contributed by atoms with Gasteiger partial charge in [0, 0.05) is 17.5 Å². The number of H-pyrrole nitrogens is 1. The van der Waals surface area contributed by atoms with Gasteiger partial charge in [-0.05, 0) is 33.1 Å². The first kappa shape index (κ1) is 15.8. The fourth-order valence-corrected chi connectivity index (χ4v) is 2.51. The van der Waals surface area contributed by atoms with E-state index < -0.39 is 0 Å². The zero-order valence-electron chi connectivity index (χ0n) is 11.8. The van der Waals surface area contributed by atoms with Crippen molar-refractivity contribution in [2.24, 2.45) is 5.41 Å². The van der Waals surface area contributed by atoms with Gasteiger partial charge in [-0.25, -0.2) is 4.98 Å². The van der Waals surface area contributed by atoms with Crippen molar-refractivity contribution < 1.29 is 0 Å². The largest absolute Gasteiger partial charge is 0.301 e. The van der Waals surface area contributed by atoms with Crippen LogP contribution in [-0.2, 0) is 6.42 Å². The van der Waals surface area contributed by atoms with Gasteiger partial charge in [-0.2, -0.15) is 5.26 Å². The molecule has 0 unspecified atom stereocenters. The summed E-state index contributed by atoms with van der Waals surface area (Å²) in [6, 6.07) is 3.85. The molecule has 1 aromatic heterocycles. The highest BCUT2D eigenvalue weighted by Gasteiger charge is 2.15. The quantitative estimate of drug-likeness (QED) is 0.473. The molecule has 0 bridgehead atoms. The highest BCUT2D eigenvalue weighted by atomic mass is 32.2. The Kier molecular flexibility index (Phi) is 6.10. The van der Waals surface area contributed by atoms with Crippen molar-refractivity contribution in [3.8, 4) is 6.07 Å². The summed E-state index contributed by atoms with van der Waals surface area (Å²) < 4.78 is 0. The Balaban J connectivity index is 2.50. The van der Waals surface area contributed by atoms with Crippen molar-refractivity contribution >= 4 is 11.8 Å². The second-order valence-electron chi connectivity index (χ2n) is 5.24. The molecule has 19 heavy (non-hydrogen) atoms. The third-order valence-electron chi connectivity index (χ3n) is 2.77. The van der Waals surface area contributed by atoms with Gasteiger partial charge in [0.25, 0.3) is 5.56 Å². The third-order valence-corrected chi connectivity index (χ3v) is 3.73. The first-order valence-electron chi connectivity index (χ1n) is 6.61. The van der Waals surface area contributed by atoms with Crippen LogP contribution in [0.2, 0.25) is 0 Å². The fraction of sp³-hybridized carbons (Fsp3) is 0.643. The van der Waals surface area contributed by atoms with Crippen LogP contribution in [0.1, 0.15) is 45.7 Å². The van der Waals surface area contributed by atoms with E-state index in [1.54, 1.807) is 17.8 Å². The first-order chi connectivity index (χ1) is 8.96. The number of nitriles is 1. The van der Waals surface area contributed by atoms with Crippen LogP contribution >= 0.6 is 11.8 Å². The van der Waals surface area contributed by atoms with Crippen LogP contribution in [-0.4, -0.2) is 15.7 Å². The van der Waals surface area contributed by atoms with Crippen LogP contribution < -0.4 is 5.56 Å². The summed E-state index contributed by atoms with van der Waals surface area (Å²) in [5, 5.41) is 9.61. The Hall–Kier alpha value is -1.28. The number of aromatic nitrogens is 2. The lowest BCUT2D eigenvalue weighted by Crippen LogP contribution is -2.11. The number of nitrogens with one attached hydrogen (secondary N) is 1. The number of aryl methyl sites for hydroxylation is 1. The smallest absolute Gasteiger partial charge is 0.251 e. The highest BCUT2D eigenvalue weighted by molar-refractivity contribution is 7.99. The average Bonchev–Trinajstić information content (AvgIpc) is 2.34. The van der Waals surface area contributed by atoms with Crippen molar-refractivity contribution in [1.29, 1.82) is 5.26 Å². The number of thioether (sulfide) groups is 1. The molecule has 0 atom stereocenters. The predicted octanol–water partition coefficient (Wildman–Crippen LogP) is 3.14. The summed E-state index contributed by atoms with van der Waals surface area (Å²) in [4.78, 5) is 18.6. The number of hydrogen-bond donors (Lipinski definition) is 1. The molecule has 0 amide bonds. The normalized spacial score (nSPS) is 11.3. The minimum atomic E-state index is -0.272. The van der Waals surface area contributed by atoms with Crippen LogP contribution in [0.15, 0.2) is 16.0 Å². The minimum Gasteiger partial charge on any atom is -0.301 e. The second-order valence-corrected chi connectivity index (χ2v) is 6.32. The van der Waals surface area contributed by atoms with Gasteiger partial charge in [-0.1, -0.05) is 25.1 Å². The van der Waals surface area contributed by atoms with E-state index in [2.05, 4.69) is 23.0 Å². The van der Waals surface area contributed by atoms with Gasteiger partial charge >= 0.3 is 0 Å².